The molecule has 3 amide bonds. The fourth-order valence-corrected chi connectivity index (χ4v) is 5.38. The van der Waals surface area contributed by atoms with Crippen LogP contribution < -0.4 is 4.90 Å². The van der Waals surface area contributed by atoms with Crippen molar-refractivity contribution in [3.8, 4) is 0 Å². The molecule has 0 bridgehead atoms. The van der Waals surface area contributed by atoms with Crippen molar-refractivity contribution in [2.75, 3.05) is 63.1 Å². The Hall–Kier alpha value is -3.05. The number of ether oxygens (including phenoxy) is 1. The molecule has 1 atom stereocenters. The largest absolute Gasteiger partial charge is 0.450 e. The van der Waals surface area contributed by atoms with Gasteiger partial charge in [-0.2, -0.15) is 0 Å². The highest BCUT2D eigenvalue weighted by Crippen LogP contribution is 2.25. The van der Waals surface area contributed by atoms with Gasteiger partial charge in [-0.3, -0.25) is 9.59 Å². The SMILES string of the molecule is CCOC(=O)N1CCN(C(=O)CSc2nc(Cl)cc(N3CCN(C(=O)c4ccccc4)C(C)C3)n2)CC1. The van der Waals surface area contributed by atoms with Crippen molar-refractivity contribution in [1.82, 2.24) is 24.7 Å². The Kier molecular flexibility index (Phi) is 9.09. The van der Waals surface area contributed by atoms with Crippen LogP contribution in [0.3, 0.4) is 0 Å². The molecule has 2 saturated heterocycles. The number of thioether (sulfide) groups is 1. The summed E-state index contributed by atoms with van der Waals surface area (Å²) in [5, 5.41) is 0.731. The summed E-state index contributed by atoms with van der Waals surface area (Å²) in [6.45, 7) is 7.73. The third-order valence-corrected chi connectivity index (χ3v) is 7.40. The first-order valence-corrected chi connectivity index (χ1v) is 13.7. The summed E-state index contributed by atoms with van der Waals surface area (Å²) in [7, 11) is 0. The van der Waals surface area contributed by atoms with Gasteiger partial charge in [-0.25, -0.2) is 14.8 Å². The minimum absolute atomic E-state index is 0.0128. The summed E-state index contributed by atoms with van der Waals surface area (Å²) in [6.07, 6.45) is -0.344. The number of benzene rings is 1. The maximum absolute atomic E-state index is 12.9. The van der Waals surface area contributed by atoms with Crippen LogP contribution in [0.25, 0.3) is 0 Å². The van der Waals surface area contributed by atoms with Crippen LogP contribution in [0, 0.1) is 0 Å². The summed E-state index contributed by atoms with van der Waals surface area (Å²) in [5.41, 5.74) is 0.679. The summed E-state index contributed by atoms with van der Waals surface area (Å²) in [5.74, 6) is 0.831. The highest BCUT2D eigenvalue weighted by atomic mass is 35.5. The molecule has 0 saturated carbocycles. The quantitative estimate of drug-likeness (QED) is 0.310. The second-order valence-electron chi connectivity index (χ2n) is 8.85. The van der Waals surface area contributed by atoms with Gasteiger partial charge < -0.3 is 24.3 Å². The van der Waals surface area contributed by atoms with Crippen LogP contribution in [0.5, 0.6) is 0 Å². The van der Waals surface area contributed by atoms with Gasteiger partial charge in [0, 0.05) is 63.5 Å². The van der Waals surface area contributed by atoms with Crippen LogP contribution in [0.4, 0.5) is 10.6 Å². The van der Waals surface area contributed by atoms with Crippen LogP contribution in [0.2, 0.25) is 5.15 Å². The van der Waals surface area contributed by atoms with Gasteiger partial charge in [0.05, 0.1) is 12.4 Å². The highest BCUT2D eigenvalue weighted by Gasteiger charge is 2.29. The number of amides is 3. The average molecular weight is 547 g/mol. The fourth-order valence-electron chi connectivity index (χ4n) is 4.40. The molecule has 0 radical (unpaired) electrons. The first-order valence-electron chi connectivity index (χ1n) is 12.3. The van der Waals surface area contributed by atoms with Crippen molar-refractivity contribution in [2.45, 2.75) is 25.0 Å². The van der Waals surface area contributed by atoms with Gasteiger partial charge in [0.1, 0.15) is 11.0 Å². The standard InChI is InChI=1S/C25H31ClN6O4S/c1-3-36-25(35)30-11-9-29(10-12-30)22(33)17-37-24-27-20(26)15-21(28-24)31-13-14-32(18(2)16-31)23(34)19-7-5-4-6-8-19/h4-8,15,18H,3,9-14,16-17H2,1-2H3. The highest BCUT2D eigenvalue weighted by molar-refractivity contribution is 7.99. The zero-order valence-corrected chi connectivity index (χ0v) is 22.6. The normalized spacial score (nSPS) is 18.1. The van der Waals surface area contributed by atoms with E-state index in [1.807, 2.05) is 42.2 Å². The van der Waals surface area contributed by atoms with Crippen molar-refractivity contribution >= 4 is 47.1 Å². The minimum atomic E-state index is -0.344. The Morgan fingerprint density at radius 2 is 1.73 bits per heavy atom. The van der Waals surface area contributed by atoms with Crippen molar-refractivity contribution in [3.05, 3.63) is 47.1 Å². The lowest BCUT2D eigenvalue weighted by Crippen LogP contribution is -2.54. The molecule has 0 N–H and O–H groups in total. The van der Waals surface area contributed by atoms with Crippen molar-refractivity contribution in [2.24, 2.45) is 0 Å². The molecule has 2 aliphatic heterocycles. The number of nitrogens with zero attached hydrogens (tertiary/aromatic N) is 6. The molecule has 12 heteroatoms. The molecular weight excluding hydrogens is 516 g/mol. The number of piperazine rings is 2. The van der Waals surface area contributed by atoms with E-state index in [1.54, 1.807) is 22.8 Å². The van der Waals surface area contributed by atoms with E-state index in [2.05, 4.69) is 14.9 Å². The molecule has 2 aromatic rings. The Morgan fingerprint density at radius 3 is 2.41 bits per heavy atom. The number of halogens is 1. The molecule has 0 spiro atoms. The first kappa shape index (κ1) is 27.0. The second-order valence-corrected chi connectivity index (χ2v) is 10.2. The molecule has 1 unspecified atom stereocenters. The number of anilines is 1. The van der Waals surface area contributed by atoms with Crippen molar-refractivity contribution in [3.63, 3.8) is 0 Å². The molecule has 37 heavy (non-hydrogen) atoms. The number of hydrogen-bond donors (Lipinski definition) is 0. The summed E-state index contributed by atoms with van der Waals surface area (Å²) in [4.78, 5) is 53.8. The molecule has 3 heterocycles. The molecule has 2 aliphatic rings. The van der Waals surface area contributed by atoms with E-state index >= 15 is 0 Å². The lowest BCUT2D eigenvalue weighted by molar-refractivity contribution is -0.129. The number of hydrogen-bond acceptors (Lipinski definition) is 8. The van der Waals surface area contributed by atoms with Gasteiger partial charge in [-0.05, 0) is 26.0 Å². The zero-order valence-electron chi connectivity index (χ0n) is 21.0. The Bertz CT molecular complexity index is 1120. The van der Waals surface area contributed by atoms with E-state index in [0.717, 1.165) is 0 Å². The molecule has 0 aliphatic carbocycles. The Morgan fingerprint density at radius 1 is 1.03 bits per heavy atom. The van der Waals surface area contributed by atoms with E-state index in [1.165, 1.54) is 11.8 Å². The molecule has 1 aromatic carbocycles. The first-order chi connectivity index (χ1) is 17.9. The maximum atomic E-state index is 12.9. The summed E-state index contributed by atoms with van der Waals surface area (Å²) < 4.78 is 5.03. The summed E-state index contributed by atoms with van der Waals surface area (Å²) >= 11 is 7.54. The van der Waals surface area contributed by atoms with Crippen LogP contribution in [0.1, 0.15) is 24.2 Å². The number of carbonyl (C=O) groups excluding carboxylic acids is 3. The van der Waals surface area contributed by atoms with Gasteiger partial charge in [-0.15, -0.1) is 0 Å². The molecular formula is C25H31ClN6O4S. The maximum Gasteiger partial charge on any atom is 0.409 e. The van der Waals surface area contributed by atoms with Crippen LogP contribution >= 0.6 is 23.4 Å². The summed E-state index contributed by atoms with van der Waals surface area (Å²) in [6, 6.07) is 11.0. The van der Waals surface area contributed by atoms with Crippen molar-refractivity contribution in [1.29, 1.82) is 0 Å². The third kappa shape index (κ3) is 6.84. The van der Waals surface area contributed by atoms with E-state index in [0.29, 0.717) is 74.1 Å². The van der Waals surface area contributed by atoms with Gasteiger partial charge in [0.2, 0.25) is 5.91 Å². The van der Waals surface area contributed by atoms with Crippen LogP contribution in [-0.4, -0.2) is 107 Å². The van der Waals surface area contributed by atoms with Gasteiger partial charge >= 0.3 is 6.09 Å². The smallest absolute Gasteiger partial charge is 0.409 e. The molecule has 10 nitrogen and oxygen atoms in total. The van der Waals surface area contributed by atoms with E-state index in [9.17, 15) is 14.4 Å². The van der Waals surface area contributed by atoms with Crippen LogP contribution in [-0.2, 0) is 9.53 Å². The lowest BCUT2D eigenvalue weighted by atomic mass is 10.1. The molecule has 4 rings (SSSR count). The topological polar surface area (TPSA) is 99.2 Å². The fraction of sp³-hybridized carbons (Fsp3) is 0.480. The predicted octanol–water partition coefficient (Wildman–Crippen LogP) is 2.87. The number of aromatic nitrogens is 2. The average Bonchev–Trinajstić information content (AvgIpc) is 2.91. The Balaban J connectivity index is 1.31. The number of rotatable bonds is 6. The van der Waals surface area contributed by atoms with Gasteiger partial charge in [0.15, 0.2) is 5.16 Å². The third-order valence-electron chi connectivity index (χ3n) is 6.38. The zero-order chi connectivity index (χ0) is 26.4. The predicted molar refractivity (Wildman–Crippen MR) is 142 cm³/mol. The molecule has 1 aromatic heterocycles. The lowest BCUT2D eigenvalue weighted by Gasteiger charge is -2.40. The van der Waals surface area contributed by atoms with E-state index in [-0.39, 0.29) is 29.7 Å². The monoisotopic (exact) mass is 546 g/mol. The Labute approximate surface area is 225 Å². The van der Waals surface area contributed by atoms with Gasteiger partial charge in [0.25, 0.3) is 5.91 Å². The molecule has 198 valence electrons. The van der Waals surface area contributed by atoms with Crippen LogP contribution in [0.15, 0.2) is 41.6 Å². The van der Waals surface area contributed by atoms with E-state index < -0.39 is 0 Å². The number of carbonyl (C=O) groups is 3. The van der Waals surface area contributed by atoms with Crippen molar-refractivity contribution < 1.29 is 19.1 Å². The molecule has 2 fully saturated rings. The van der Waals surface area contributed by atoms with E-state index in [4.69, 9.17) is 16.3 Å². The minimum Gasteiger partial charge on any atom is -0.450 e. The second kappa shape index (κ2) is 12.5. The van der Waals surface area contributed by atoms with Gasteiger partial charge in [-0.1, -0.05) is 41.6 Å².